The van der Waals surface area contributed by atoms with Crippen LogP contribution in [0, 0.1) is 0 Å². The van der Waals surface area contributed by atoms with Crippen molar-refractivity contribution in [2.45, 2.75) is 20.3 Å². The molecule has 0 radical (unpaired) electrons. The summed E-state index contributed by atoms with van der Waals surface area (Å²) >= 11 is 0. The number of rotatable bonds is 6. The van der Waals surface area contributed by atoms with Gasteiger partial charge in [-0.3, -0.25) is 19.3 Å². The van der Waals surface area contributed by atoms with E-state index < -0.39 is 5.97 Å². The van der Waals surface area contributed by atoms with Gasteiger partial charge in [-0.05, 0) is 31.0 Å². The van der Waals surface area contributed by atoms with Gasteiger partial charge in [-0.2, -0.15) is 0 Å². The molecule has 2 rings (SSSR count). The first kappa shape index (κ1) is 16.5. The van der Waals surface area contributed by atoms with Crippen molar-refractivity contribution in [3.63, 3.8) is 0 Å². The summed E-state index contributed by atoms with van der Waals surface area (Å²) in [5, 5.41) is 0. The molecule has 0 spiro atoms. The molecule has 1 heterocycles. The summed E-state index contributed by atoms with van der Waals surface area (Å²) in [6.45, 7) is 6.91. The average Bonchev–Trinajstić information content (AvgIpc) is 2.77. The molecule has 0 atom stereocenters. The van der Waals surface area contributed by atoms with Crippen LogP contribution in [0.2, 0.25) is 0 Å². The van der Waals surface area contributed by atoms with Gasteiger partial charge in [0.1, 0.15) is 0 Å². The maximum absolute atomic E-state index is 11.5. The van der Waals surface area contributed by atoms with Crippen molar-refractivity contribution in [2.75, 3.05) is 6.54 Å². The molecule has 0 saturated heterocycles. The third kappa shape index (κ3) is 4.29. The Morgan fingerprint density at radius 1 is 1.09 bits per heavy atom. The molecule has 6 nitrogen and oxygen atoms in total. The standard InChI is InChI=1S/C17H17NO5/c1-11(2)22-15-10-13(4-5-14(15)23-12(3)19)8-9-18-16(20)6-7-17(18)21/h4-7,10H,1,8-9H2,2-3H3. The minimum Gasteiger partial charge on any atom is -0.459 e. The van der Waals surface area contributed by atoms with Crippen molar-refractivity contribution in [3.8, 4) is 11.5 Å². The van der Waals surface area contributed by atoms with Crippen LogP contribution in [-0.2, 0) is 20.8 Å². The van der Waals surface area contributed by atoms with E-state index in [1.54, 1.807) is 25.1 Å². The van der Waals surface area contributed by atoms with E-state index in [4.69, 9.17) is 9.47 Å². The monoisotopic (exact) mass is 315 g/mol. The fourth-order valence-electron chi connectivity index (χ4n) is 2.11. The lowest BCUT2D eigenvalue weighted by molar-refractivity contribution is -0.137. The highest BCUT2D eigenvalue weighted by atomic mass is 16.6. The number of hydrogen-bond acceptors (Lipinski definition) is 5. The van der Waals surface area contributed by atoms with Crippen LogP contribution < -0.4 is 9.47 Å². The second-order valence-corrected chi connectivity index (χ2v) is 5.09. The molecule has 120 valence electrons. The lowest BCUT2D eigenvalue weighted by atomic mass is 10.1. The molecule has 23 heavy (non-hydrogen) atoms. The summed E-state index contributed by atoms with van der Waals surface area (Å²) in [6.07, 6.45) is 2.97. The number of esters is 1. The van der Waals surface area contributed by atoms with Crippen molar-refractivity contribution in [1.29, 1.82) is 0 Å². The van der Waals surface area contributed by atoms with E-state index in [9.17, 15) is 14.4 Å². The minimum atomic E-state index is -0.455. The Balaban J connectivity index is 2.13. The van der Waals surface area contributed by atoms with E-state index in [1.165, 1.54) is 24.0 Å². The molecule has 0 aliphatic carbocycles. The zero-order valence-electron chi connectivity index (χ0n) is 13.0. The van der Waals surface area contributed by atoms with Gasteiger partial charge in [-0.25, -0.2) is 0 Å². The van der Waals surface area contributed by atoms with E-state index in [-0.39, 0.29) is 18.4 Å². The van der Waals surface area contributed by atoms with Crippen LogP contribution in [0.3, 0.4) is 0 Å². The Morgan fingerprint density at radius 3 is 2.30 bits per heavy atom. The van der Waals surface area contributed by atoms with E-state index in [0.29, 0.717) is 23.7 Å². The predicted molar refractivity (Wildman–Crippen MR) is 82.8 cm³/mol. The van der Waals surface area contributed by atoms with Crippen molar-refractivity contribution in [1.82, 2.24) is 4.90 Å². The lowest BCUT2D eigenvalue weighted by Gasteiger charge is -2.15. The van der Waals surface area contributed by atoms with Gasteiger partial charge in [-0.15, -0.1) is 0 Å². The SMILES string of the molecule is C=C(C)Oc1cc(CCN2C(=O)C=CC2=O)ccc1OC(C)=O. The van der Waals surface area contributed by atoms with Crippen molar-refractivity contribution in [2.24, 2.45) is 0 Å². The van der Waals surface area contributed by atoms with E-state index >= 15 is 0 Å². The first-order valence-corrected chi connectivity index (χ1v) is 7.05. The van der Waals surface area contributed by atoms with Crippen LogP contribution in [0.25, 0.3) is 0 Å². The summed E-state index contributed by atoms with van der Waals surface area (Å²) < 4.78 is 10.5. The number of imide groups is 1. The summed E-state index contributed by atoms with van der Waals surface area (Å²) in [7, 11) is 0. The highest BCUT2D eigenvalue weighted by Gasteiger charge is 2.22. The fraction of sp³-hybridized carbons (Fsp3) is 0.235. The Morgan fingerprint density at radius 2 is 1.74 bits per heavy atom. The number of carbonyl (C=O) groups excluding carboxylic acids is 3. The number of nitrogens with zero attached hydrogens (tertiary/aromatic N) is 1. The molecule has 1 aliphatic heterocycles. The average molecular weight is 315 g/mol. The molecule has 0 unspecified atom stereocenters. The van der Waals surface area contributed by atoms with Crippen LogP contribution in [0.15, 0.2) is 42.7 Å². The highest BCUT2D eigenvalue weighted by Crippen LogP contribution is 2.30. The van der Waals surface area contributed by atoms with E-state index in [0.717, 1.165) is 5.56 Å². The third-order valence-electron chi connectivity index (χ3n) is 3.07. The topological polar surface area (TPSA) is 72.9 Å². The normalized spacial score (nSPS) is 13.4. The second kappa shape index (κ2) is 6.91. The van der Waals surface area contributed by atoms with Crippen molar-refractivity contribution >= 4 is 17.8 Å². The van der Waals surface area contributed by atoms with Gasteiger partial charge in [0, 0.05) is 25.6 Å². The van der Waals surface area contributed by atoms with Crippen molar-refractivity contribution in [3.05, 3.63) is 48.3 Å². The molecule has 0 aromatic heterocycles. The fourth-order valence-corrected chi connectivity index (χ4v) is 2.11. The lowest BCUT2D eigenvalue weighted by Crippen LogP contribution is -2.31. The third-order valence-corrected chi connectivity index (χ3v) is 3.07. The molecule has 0 saturated carbocycles. The van der Waals surface area contributed by atoms with E-state index in [2.05, 4.69) is 6.58 Å². The van der Waals surface area contributed by atoms with Gasteiger partial charge in [0.2, 0.25) is 0 Å². The minimum absolute atomic E-state index is 0.268. The summed E-state index contributed by atoms with van der Waals surface area (Å²) in [5.74, 6) is 0.0184. The first-order valence-electron chi connectivity index (χ1n) is 7.05. The quantitative estimate of drug-likeness (QED) is 0.347. The Bertz CT molecular complexity index is 687. The van der Waals surface area contributed by atoms with Crippen LogP contribution >= 0.6 is 0 Å². The molecule has 2 amide bonds. The number of amides is 2. The van der Waals surface area contributed by atoms with Gasteiger partial charge < -0.3 is 9.47 Å². The molecule has 0 bridgehead atoms. The molecular weight excluding hydrogens is 298 g/mol. The van der Waals surface area contributed by atoms with E-state index in [1.807, 2.05) is 0 Å². The largest absolute Gasteiger partial charge is 0.459 e. The van der Waals surface area contributed by atoms with Gasteiger partial charge in [0.05, 0.1) is 5.76 Å². The molecule has 1 aromatic rings. The Labute approximate surface area is 134 Å². The molecule has 0 fully saturated rings. The van der Waals surface area contributed by atoms with Crippen LogP contribution in [0.5, 0.6) is 11.5 Å². The maximum Gasteiger partial charge on any atom is 0.308 e. The zero-order valence-corrected chi connectivity index (χ0v) is 13.0. The molecule has 1 aliphatic rings. The molecule has 6 heteroatoms. The molecular formula is C17H17NO5. The van der Waals surface area contributed by atoms with Crippen molar-refractivity contribution < 1.29 is 23.9 Å². The first-order chi connectivity index (χ1) is 10.9. The zero-order chi connectivity index (χ0) is 17.0. The van der Waals surface area contributed by atoms with Gasteiger partial charge in [0.25, 0.3) is 11.8 Å². The maximum atomic E-state index is 11.5. The smallest absolute Gasteiger partial charge is 0.308 e. The number of allylic oxidation sites excluding steroid dienone is 1. The number of carbonyl (C=O) groups is 3. The highest BCUT2D eigenvalue weighted by molar-refractivity contribution is 6.12. The number of ether oxygens (including phenoxy) is 2. The second-order valence-electron chi connectivity index (χ2n) is 5.09. The summed E-state index contributed by atoms with van der Waals surface area (Å²) in [4.78, 5) is 35.3. The van der Waals surface area contributed by atoms with Gasteiger partial charge in [0.15, 0.2) is 11.5 Å². The summed E-state index contributed by atoms with van der Waals surface area (Å²) in [5.41, 5.74) is 0.838. The van der Waals surface area contributed by atoms with Gasteiger partial charge in [-0.1, -0.05) is 12.6 Å². The van der Waals surface area contributed by atoms with Gasteiger partial charge >= 0.3 is 5.97 Å². The Hall–Kier alpha value is -2.89. The predicted octanol–water partition coefficient (Wildman–Crippen LogP) is 1.99. The van der Waals surface area contributed by atoms with Crippen LogP contribution in [0.4, 0.5) is 0 Å². The van der Waals surface area contributed by atoms with Crippen LogP contribution in [0.1, 0.15) is 19.4 Å². The van der Waals surface area contributed by atoms with Crippen LogP contribution in [-0.4, -0.2) is 29.2 Å². The Kier molecular flexibility index (Phi) is 4.95. The summed E-state index contributed by atoms with van der Waals surface area (Å²) in [6, 6.07) is 5.06. The molecule has 0 N–H and O–H groups in total. The number of hydrogen-bond donors (Lipinski definition) is 0. The number of benzene rings is 1. The molecule has 1 aromatic carbocycles.